The van der Waals surface area contributed by atoms with E-state index < -0.39 is 11.7 Å². The summed E-state index contributed by atoms with van der Waals surface area (Å²) in [5.74, 6) is 2.33. The van der Waals surface area contributed by atoms with E-state index >= 15 is 0 Å². The zero-order valence-corrected chi connectivity index (χ0v) is 18.7. The highest BCUT2D eigenvalue weighted by atomic mass is 35.5. The molecular weight excluding hydrogens is 449 g/mol. The monoisotopic (exact) mass is 472 g/mol. The molecule has 2 aromatic heterocycles. The van der Waals surface area contributed by atoms with Crippen molar-refractivity contribution in [1.29, 1.82) is 0 Å². The van der Waals surface area contributed by atoms with Gasteiger partial charge in [-0.15, -0.1) is 10.2 Å². The molecule has 0 saturated heterocycles. The molecule has 0 unspecified atom stereocenters. The Morgan fingerprint density at radius 2 is 1.87 bits per heavy atom. The van der Waals surface area contributed by atoms with E-state index in [9.17, 15) is 18.0 Å². The van der Waals surface area contributed by atoms with Crippen molar-refractivity contribution < 1.29 is 18.0 Å². The van der Waals surface area contributed by atoms with Crippen molar-refractivity contribution in [3.05, 3.63) is 22.8 Å². The molecule has 4 aliphatic rings. The summed E-state index contributed by atoms with van der Waals surface area (Å²) >= 11 is 7.01. The van der Waals surface area contributed by atoms with Gasteiger partial charge in [-0.2, -0.15) is 13.2 Å². The minimum absolute atomic E-state index is 0.0609. The van der Waals surface area contributed by atoms with Crippen molar-refractivity contribution in [2.24, 2.45) is 23.2 Å². The number of halogens is 4. The fraction of sp³-hybridized carbons (Fsp3) is 0.667. The minimum atomic E-state index is -4.53. The summed E-state index contributed by atoms with van der Waals surface area (Å²) in [6.45, 7) is 2.11. The summed E-state index contributed by atoms with van der Waals surface area (Å²) in [7, 11) is 0. The lowest BCUT2D eigenvalue weighted by Crippen LogP contribution is -2.56. The van der Waals surface area contributed by atoms with Crippen LogP contribution >= 0.6 is 23.4 Å². The Morgan fingerprint density at radius 3 is 2.45 bits per heavy atom. The average molecular weight is 473 g/mol. The standard InChI is InChI=1S/C21H24ClF3N4OS/c1-11(20-6-12-2-13(7-20)4-14(3-12)8-20)26-17(30)10-31-19-28-27-18-16(22)5-15(9-29(18)19)21(23,24)25/h5,9,11-14H,2-4,6-8,10H2,1H3,(H,26,30)/t11-,12?,13?,14?,20?/m1/s1. The molecular formula is C21H24ClF3N4OS. The van der Waals surface area contributed by atoms with Crippen LogP contribution in [0.3, 0.4) is 0 Å². The number of hydrogen-bond acceptors (Lipinski definition) is 4. The maximum Gasteiger partial charge on any atom is 0.417 e. The molecule has 1 N–H and O–H groups in total. The van der Waals surface area contributed by atoms with Crippen LogP contribution in [0.1, 0.15) is 51.0 Å². The molecule has 4 fully saturated rings. The molecule has 5 nitrogen and oxygen atoms in total. The van der Waals surface area contributed by atoms with E-state index in [2.05, 4.69) is 22.4 Å². The number of hydrogen-bond donors (Lipinski definition) is 1. The molecule has 4 aliphatic carbocycles. The molecule has 6 rings (SSSR count). The normalized spacial score (nSPS) is 30.7. The first-order valence-electron chi connectivity index (χ1n) is 10.7. The molecule has 0 spiro atoms. The van der Waals surface area contributed by atoms with Crippen LogP contribution in [0.2, 0.25) is 5.02 Å². The van der Waals surface area contributed by atoms with E-state index in [-0.39, 0.29) is 38.9 Å². The van der Waals surface area contributed by atoms with E-state index in [1.807, 2.05) is 0 Å². The number of aromatic nitrogens is 3. The summed E-state index contributed by atoms with van der Waals surface area (Å²) in [6.07, 6.45) is 4.01. The van der Waals surface area contributed by atoms with Gasteiger partial charge in [0.2, 0.25) is 5.91 Å². The third-order valence-corrected chi connectivity index (χ3v) is 8.69. The topological polar surface area (TPSA) is 59.3 Å². The van der Waals surface area contributed by atoms with Gasteiger partial charge < -0.3 is 5.32 Å². The van der Waals surface area contributed by atoms with E-state index in [0.29, 0.717) is 0 Å². The van der Waals surface area contributed by atoms with Crippen molar-refractivity contribution in [3.63, 3.8) is 0 Å². The molecule has 2 aromatic rings. The van der Waals surface area contributed by atoms with Crippen LogP contribution in [0.5, 0.6) is 0 Å². The number of thioether (sulfide) groups is 1. The van der Waals surface area contributed by atoms with Crippen molar-refractivity contribution in [2.45, 2.75) is 62.8 Å². The number of amides is 1. The van der Waals surface area contributed by atoms with Crippen molar-refractivity contribution in [2.75, 3.05) is 5.75 Å². The Hall–Kier alpha value is -1.48. The number of nitrogens with zero attached hydrogens (tertiary/aromatic N) is 3. The second kappa shape index (κ2) is 7.54. The zero-order valence-electron chi connectivity index (χ0n) is 17.1. The molecule has 10 heteroatoms. The molecule has 4 bridgehead atoms. The van der Waals surface area contributed by atoms with Gasteiger partial charge in [0.25, 0.3) is 0 Å². The van der Waals surface area contributed by atoms with Crippen molar-refractivity contribution in [3.8, 4) is 0 Å². The molecule has 0 radical (unpaired) electrons. The Kier molecular flexibility index (Phi) is 5.20. The highest BCUT2D eigenvalue weighted by molar-refractivity contribution is 7.99. The van der Waals surface area contributed by atoms with Crippen LogP contribution in [0.4, 0.5) is 13.2 Å². The third kappa shape index (κ3) is 3.92. The van der Waals surface area contributed by atoms with Gasteiger partial charge in [0.15, 0.2) is 10.8 Å². The molecule has 2 heterocycles. The first-order chi connectivity index (χ1) is 14.6. The quantitative estimate of drug-likeness (QED) is 0.606. The highest BCUT2D eigenvalue weighted by Gasteiger charge is 2.53. The first kappa shape index (κ1) is 21.4. The second-order valence-corrected chi connectivity index (χ2v) is 11.0. The molecule has 1 atom stereocenters. The lowest BCUT2D eigenvalue weighted by atomic mass is 9.48. The molecule has 0 aliphatic heterocycles. The smallest absolute Gasteiger partial charge is 0.352 e. The Bertz CT molecular complexity index is 989. The summed E-state index contributed by atoms with van der Waals surface area (Å²) in [6, 6.07) is 0.926. The molecule has 4 saturated carbocycles. The van der Waals surface area contributed by atoms with Gasteiger partial charge in [0.1, 0.15) is 0 Å². The predicted octanol–water partition coefficient (Wildman–Crippen LogP) is 5.21. The number of nitrogens with one attached hydrogen (secondary N) is 1. The summed E-state index contributed by atoms with van der Waals surface area (Å²) in [5, 5.41) is 11.0. The summed E-state index contributed by atoms with van der Waals surface area (Å²) < 4.78 is 40.6. The van der Waals surface area contributed by atoms with Crippen LogP contribution in [-0.2, 0) is 11.0 Å². The fourth-order valence-electron chi connectivity index (χ4n) is 6.46. The van der Waals surface area contributed by atoms with Crippen LogP contribution in [-0.4, -0.2) is 32.3 Å². The summed E-state index contributed by atoms with van der Waals surface area (Å²) in [5.41, 5.74) is -0.544. The van der Waals surface area contributed by atoms with Crippen molar-refractivity contribution >= 4 is 34.9 Å². The number of carbonyl (C=O) groups excluding carboxylic acids is 1. The lowest BCUT2D eigenvalue weighted by Gasteiger charge is -2.59. The molecule has 31 heavy (non-hydrogen) atoms. The van der Waals surface area contributed by atoms with Gasteiger partial charge in [0, 0.05) is 12.2 Å². The van der Waals surface area contributed by atoms with Gasteiger partial charge in [-0.3, -0.25) is 9.20 Å². The SMILES string of the molecule is C[C@@H](NC(=O)CSc1nnc2c(Cl)cc(C(F)(F)F)cn12)C12CC3CC(CC(C3)C1)C2. The lowest BCUT2D eigenvalue weighted by molar-refractivity contribution is -0.137. The Balaban J connectivity index is 1.26. The van der Waals surface area contributed by atoms with Crippen LogP contribution in [0, 0.1) is 23.2 Å². The Morgan fingerprint density at radius 1 is 1.26 bits per heavy atom. The maximum absolute atomic E-state index is 13.1. The predicted molar refractivity (Wildman–Crippen MR) is 112 cm³/mol. The van der Waals surface area contributed by atoms with Gasteiger partial charge >= 0.3 is 6.18 Å². The van der Waals surface area contributed by atoms with E-state index in [0.717, 1.165) is 41.8 Å². The zero-order chi connectivity index (χ0) is 22.0. The van der Waals surface area contributed by atoms with Gasteiger partial charge in [-0.05, 0) is 74.7 Å². The van der Waals surface area contributed by atoms with Gasteiger partial charge in [-0.25, -0.2) is 0 Å². The van der Waals surface area contributed by atoms with E-state index in [1.165, 1.54) is 42.9 Å². The van der Waals surface area contributed by atoms with Crippen LogP contribution in [0.15, 0.2) is 17.4 Å². The highest BCUT2D eigenvalue weighted by Crippen LogP contribution is 2.61. The van der Waals surface area contributed by atoms with Gasteiger partial charge in [-0.1, -0.05) is 23.4 Å². The second-order valence-electron chi connectivity index (χ2n) is 9.61. The van der Waals surface area contributed by atoms with Crippen LogP contribution < -0.4 is 5.32 Å². The molecule has 168 valence electrons. The van der Waals surface area contributed by atoms with E-state index in [4.69, 9.17) is 11.6 Å². The number of rotatable bonds is 5. The first-order valence-corrected chi connectivity index (χ1v) is 12.0. The minimum Gasteiger partial charge on any atom is -0.352 e. The number of fused-ring (bicyclic) bond motifs is 1. The maximum atomic E-state index is 13.1. The van der Waals surface area contributed by atoms with E-state index in [1.54, 1.807) is 0 Å². The number of alkyl halides is 3. The number of carbonyl (C=O) groups is 1. The summed E-state index contributed by atoms with van der Waals surface area (Å²) in [4.78, 5) is 12.7. The third-order valence-electron chi connectivity index (χ3n) is 7.47. The average Bonchev–Trinajstić information content (AvgIpc) is 3.08. The largest absolute Gasteiger partial charge is 0.417 e. The molecule has 0 aromatic carbocycles. The molecule has 1 amide bonds. The van der Waals surface area contributed by atoms with Crippen molar-refractivity contribution in [1.82, 2.24) is 19.9 Å². The number of pyridine rings is 1. The Labute approximate surface area is 187 Å². The fourth-order valence-corrected chi connectivity index (χ4v) is 7.43. The van der Waals surface area contributed by atoms with Crippen LogP contribution in [0.25, 0.3) is 5.65 Å². The van der Waals surface area contributed by atoms with Gasteiger partial charge in [0.05, 0.1) is 16.3 Å².